The van der Waals surface area contributed by atoms with Crippen LogP contribution in [0, 0.1) is 0 Å². The monoisotopic (exact) mass is 203 g/mol. The highest BCUT2D eigenvalue weighted by Crippen LogP contribution is 2.20. The number of hydrogen-bond acceptors (Lipinski definition) is 3. The van der Waals surface area contributed by atoms with Gasteiger partial charge in [-0.2, -0.15) is 0 Å². The number of hydrogen-bond donors (Lipinski definition) is 0. The molecule has 1 rings (SSSR count). The van der Waals surface area contributed by atoms with Crippen molar-refractivity contribution in [3.8, 4) is 0 Å². The molecule has 0 aromatic rings. The highest BCUT2D eigenvalue weighted by molar-refractivity contribution is 4.82. The first-order valence-corrected chi connectivity index (χ1v) is 5.48. The Bertz CT molecular complexity index is 141. The second kappa shape index (κ2) is 7.21. The third kappa shape index (κ3) is 4.94. The second-order valence-electron chi connectivity index (χ2n) is 3.78. The van der Waals surface area contributed by atoms with Crippen molar-refractivity contribution in [2.45, 2.75) is 32.8 Å². The Labute approximate surface area is 88.4 Å². The fraction of sp³-hybridized carbons (Fsp3) is 1.00. The fourth-order valence-corrected chi connectivity index (χ4v) is 1.61. The highest BCUT2D eigenvalue weighted by Gasteiger charge is 2.29. The van der Waals surface area contributed by atoms with Crippen LogP contribution in [-0.4, -0.2) is 51.0 Å². The van der Waals surface area contributed by atoms with Crippen LogP contribution in [0.3, 0.4) is 0 Å². The van der Waals surface area contributed by atoms with Crippen molar-refractivity contribution in [3.63, 3.8) is 0 Å². The van der Waals surface area contributed by atoms with Crippen molar-refractivity contribution >= 4 is 0 Å². The summed E-state index contributed by atoms with van der Waals surface area (Å²) in [7, 11) is 3.86. The summed E-state index contributed by atoms with van der Waals surface area (Å²) in [4.78, 5) is 2.30. The Kier molecular flexibility index (Phi) is 7.15. The van der Waals surface area contributed by atoms with Gasteiger partial charge in [0.2, 0.25) is 0 Å². The van der Waals surface area contributed by atoms with Crippen LogP contribution in [0.5, 0.6) is 0 Å². The summed E-state index contributed by atoms with van der Waals surface area (Å²) in [6, 6.07) is 0. The van der Waals surface area contributed by atoms with E-state index in [1.54, 1.807) is 7.11 Å². The van der Waals surface area contributed by atoms with Gasteiger partial charge in [-0.05, 0) is 14.0 Å². The first-order valence-electron chi connectivity index (χ1n) is 5.48. The molecule has 1 saturated heterocycles. The van der Waals surface area contributed by atoms with E-state index in [1.807, 2.05) is 13.8 Å². The second-order valence-corrected chi connectivity index (χ2v) is 3.78. The van der Waals surface area contributed by atoms with Crippen LogP contribution in [0.15, 0.2) is 0 Å². The molecule has 0 radical (unpaired) electrons. The molecule has 0 saturated carbocycles. The Morgan fingerprint density at radius 1 is 1.43 bits per heavy atom. The molecule has 1 aliphatic rings. The van der Waals surface area contributed by atoms with Gasteiger partial charge in [0, 0.05) is 33.2 Å². The van der Waals surface area contributed by atoms with Gasteiger partial charge in [0.25, 0.3) is 0 Å². The topological polar surface area (TPSA) is 21.7 Å². The Morgan fingerprint density at radius 3 is 2.57 bits per heavy atom. The number of ether oxygens (including phenoxy) is 2. The largest absolute Gasteiger partial charge is 0.385 e. The molecular weight excluding hydrogens is 178 g/mol. The number of methoxy groups -OCH3 is 1. The summed E-state index contributed by atoms with van der Waals surface area (Å²) in [5.74, 6) is 0. The molecule has 0 spiro atoms. The van der Waals surface area contributed by atoms with Gasteiger partial charge in [-0.15, -0.1) is 0 Å². The van der Waals surface area contributed by atoms with E-state index < -0.39 is 0 Å². The Hall–Kier alpha value is -0.120. The van der Waals surface area contributed by atoms with Crippen molar-refractivity contribution in [1.29, 1.82) is 0 Å². The predicted molar refractivity (Wildman–Crippen MR) is 59.7 cm³/mol. The molecule has 1 unspecified atom stereocenters. The van der Waals surface area contributed by atoms with Crippen LogP contribution in [-0.2, 0) is 9.47 Å². The summed E-state index contributed by atoms with van der Waals surface area (Å²) in [6.07, 6.45) is 0.980. The van der Waals surface area contributed by atoms with E-state index in [1.165, 1.54) is 0 Å². The van der Waals surface area contributed by atoms with Crippen molar-refractivity contribution in [3.05, 3.63) is 0 Å². The average molecular weight is 203 g/mol. The Morgan fingerprint density at radius 2 is 2.07 bits per heavy atom. The quantitative estimate of drug-likeness (QED) is 0.698. The SMILES string of the molecule is CC.COCCC1(C)CN(C)CCO1. The minimum Gasteiger partial charge on any atom is -0.385 e. The van der Waals surface area contributed by atoms with Gasteiger partial charge in [-0.3, -0.25) is 0 Å². The molecular formula is C11H25NO2. The van der Waals surface area contributed by atoms with Gasteiger partial charge in [0.1, 0.15) is 0 Å². The molecule has 0 aromatic carbocycles. The molecule has 0 N–H and O–H groups in total. The van der Waals surface area contributed by atoms with Crippen molar-refractivity contribution < 1.29 is 9.47 Å². The molecule has 0 amide bonds. The normalized spacial score (nSPS) is 28.1. The van der Waals surface area contributed by atoms with E-state index in [-0.39, 0.29) is 5.60 Å². The first kappa shape index (κ1) is 13.9. The van der Waals surface area contributed by atoms with E-state index in [0.717, 1.165) is 32.7 Å². The minimum atomic E-state index is 0.00299. The predicted octanol–water partition coefficient (Wildman–Crippen LogP) is 1.77. The van der Waals surface area contributed by atoms with E-state index >= 15 is 0 Å². The number of morpholine rings is 1. The number of rotatable bonds is 3. The van der Waals surface area contributed by atoms with Crippen LogP contribution in [0.2, 0.25) is 0 Å². The molecule has 1 aliphatic heterocycles. The minimum absolute atomic E-state index is 0.00299. The third-order valence-electron chi connectivity index (χ3n) is 2.36. The molecule has 3 heteroatoms. The molecule has 0 aromatic heterocycles. The molecule has 14 heavy (non-hydrogen) atoms. The van der Waals surface area contributed by atoms with Crippen LogP contribution < -0.4 is 0 Å². The lowest BCUT2D eigenvalue weighted by atomic mass is 10.0. The summed E-state index contributed by atoms with van der Waals surface area (Å²) < 4.78 is 10.8. The van der Waals surface area contributed by atoms with Crippen LogP contribution in [0.25, 0.3) is 0 Å². The average Bonchev–Trinajstić information content (AvgIpc) is 2.18. The maximum absolute atomic E-state index is 5.72. The summed E-state index contributed by atoms with van der Waals surface area (Å²) in [5.41, 5.74) is 0.00299. The molecule has 0 bridgehead atoms. The van der Waals surface area contributed by atoms with Gasteiger partial charge in [-0.1, -0.05) is 13.8 Å². The number of nitrogens with zero attached hydrogens (tertiary/aromatic N) is 1. The maximum atomic E-state index is 5.72. The van der Waals surface area contributed by atoms with Gasteiger partial charge in [0.15, 0.2) is 0 Å². The van der Waals surface area contributed by atoms with E-state index in [4.69, 9.17) is 9.47 Å². The zero-order chi connectivity index (χ0) is 11.0. The van der Waals surface area contributed by atoms with E-state index in [0.29, 0.717) is 0 Å². The molecule has 1 heterocycles. The number of likely N-dealkylation sites (N-methyl/N-ethyl adjacent to an activating group) is 1. The Balaban J connectivity index is 0.000000791. The van der Waals surface area contributed by atoms with Crippen LogP contribution in [0.4, 0.5) is 0 Å². The van der Waals surface area contributed by atoms with Gasteiger partial charge in [0.05, 0.1) is 12.2 Å². The standard InChI is InChI=1S/C9H19NO2.C2H6/c1-9(4-6-11-3)8-10(2)5-7-12-9;1-2/h4-8H2,1-3H3;1-2H3. The van der Waals surface area contributed by atoms with Crippen molar-refractivity contribution in [2.24, 2.45) is 0 Å². The van der Waals surface area contributed by atoms with Crippen molar-refractivity contribution in [1.82, 2.24) is 4.90 Å². The van der Waals surface area contributed by atoms with Crippen LogP contribution >= 0.6 is 0 Å². The first-order chi connectivity index (χ1) is 6.66. The third-order valence-corrected chi connectivity index (χ3v) is 2.36. The zero-order valence-electron chi connectivity index (χ0n) is 10.3. The molecule has 3 nitrogen and oxygen atoms in total. The summed E-state index contributed by atoms with van der Waals surface area (Å²) in [6.45, 7) is 9.83. The van der Waals surface area contributed by atoms with E-state index in [2.05, 4.69) is 18.9 Å². The lowest BCUT2D eigenvalue weighted by Gasteiger charge is -2.38. The highest BCUT2D eigenvalue weighted by atomic mass is 16.5. The zero-order valence-corrected chi connectivity index (χ0v) is 10.3. The smallest absolute Gasteiger partial charge is 0.0803 e. The summed E-state index contributed by atoms with van der Waals surface area (Å²) in [5, 5.41) is 0. The molecule has 0 aliphatic carbocycles. The van der Waals surface area contributed by atoms with Crippen molar-refractivity contribution in [2.75, 3.05) is 40.5 Å². The van der Waals surface area contributed by atoms with E-state index in [9.17, 15) is 0 Å². The lowest BCUT2D eigenvalue weighted by Crippen LogP contribution is -2.48. The fourth-order valence-electron chi connectivity index (χ4n) is 1.61. The van der Waals surface area contributed by atoms with Gasteiger partial charge < -0.3 is 14.4 Å². The maximum Gasteiger partial charge on any atom is 0.0803 e. The summed E-state index contributed by atoms with van der Waals surface area (Å²) >= 11 is 0. The molecule has 1 fully saturated rings. The van der Waals surface area contributed by atoms with Gasteiger partial charge in [-0.25, -0.2) is 0 Å². The molecule has 1 atom stereocenters. The van der Waals surface area contributed by atoms with Gasteiger partial charge >= 0.3 is 0 Å². The van der Waals surface area contributed by atoms with Crippen LogP contribution in [0.1, 0.15) is 27.2 Å². The lowest BCUT2D eigenvalue weighted by molar-refractivity contribution is -0.103. The molecule has 86 valence electrons.